The molecule has 120 valence electrons. The van der Waals surface area contributed by atoms with Crippen LogP contribution >= 0.6 is 11.6 Å². The maximum Gasteiger partial charge on any atom is 0.411 e. The summed E-state index contributed by atoms with van der Waals surface area (Å²) in [6.07, 6.45) is 1.73. The normalized spacial score (nSPS) is 30.8. The second-order valence-electron chi connectivity index (χ2n) is 6.90. The van der Waals surface area contributed by atoms with Crippen LogP contribution in [-0.4, -0.2) is 47.6 Å². The SMILES string of the molecule is COC(=O)C1(CCCCl)C2CC2CN1C(=O)OC(C)(C)C. The molecule has 2 rings (SSSR count). The minimum absolute atomic E-state index is 0.181. The molecule has 1 saturated carbocycles. The quantitative estimate of drug-likeness (QED) is 0.591. The molecule has 0 aromatic rings. The van der Waals surface area contributed by atoms with E-state index in [1.165, 1.54) is 7.11 Å². The van der Waals surface area contributed by atoms with E-state index in [1.807, 2.05) is 20.8 Å². The molecule has 2 fully saturated rings. The molecule has 6 heteroatoms. The highest BCUT2D eigenvalue weighted by molar-refractivity contribution is 6.17. The van der Waals surface area contributed by atoms with Gasteiger partial charge in [0.1, 0.15) is 11.1 Å². The zero-order valence-corrected chi connectivity index (χ0v) is 13.9. The van der Waals surface area contributed by atoms with Crippen LogP contribution in [0.2, 0.25) is 0 Å². The number of hydrogen-bond donors (Lipinski definition) is 0. The van der Waals surface area contributed by atoms with Gasteiger partial charge >= 0.3 is 12.1 Å². The predicted molar refractivity (Wildman–Crippen MR) is 79.2 cm³/mol. The molecule has 1 heterocycles. The molecule has 0 spiro atoms. The van der Waals surface area contributed by atoms with Crippen molar-refractivity contribution in [2.24, 2.45) is 11.8 Å². The molecule has 21 heavy (non-hydrogen) atoms. The van der Waals surface area contributed by atoms with Gasteiger partial charge in [-0.15, -0.1) is 11.6 Å². The first kappa shape index (κ1) is 16.4. The van der Waals surface area contributed by atoms with E-state index in [1.54, 1.807) is 4.90 Å². The van der Waals surface area contributed by atoms with Crippen molar-refractivity contribution >= 4 is 23.7 Å². The fourth-order valence-corrected chi connectivity index (χ4v) is 3.52. The largest absolute Gasteiger partial charge is 0.467 e. The monoisotopic (exact) mass is 317 g/mol. The van der Waals surface area contributed by atoms with E-state index >= 15 is 0 Å². The molecule has 0 N–H and O–H groups in total. The van der Waals surface area contributed by atoms with E-state index in [2.05, 4.69) is 0 Å². The number of ether oxygens (including phenoxy) is 2. The Hall–Kier alpha value is -0.970. The summed E-state index contributed by atoms with van der Waals surface area (Å²) in [5, 5.41) is 0. The molecule has 0 aromatic carbocycles. The number of rotatable bonds is 4. The lowest BCUT2D eigenvalue weighted by atomic mass is 9.88. The lowest BCUT2D eigenvalue weighted by molar-refractivity contribution is -0.155. The van der Waals surface area contributed by atoms with Crippen LogP contribution in [0.1, 0.15) is 40.0 Å². The van der Waals surface area contributed by atoms with Gasteiger partial charge in [0.2, 0.25) is 0 Å². The minimum Gasteiger partial charge on any atom is -0.467 e. The zero-order valence-electron chi connectivity index (χ0n) is 13.1. The van der Waals surface area contributed by atoms with Crippen LogP contribution < -0.4 is 0 Å². The fraction of sp³-hybridized carbons (Fsp3) is 0.867. The number of carbonyl (C=O) groups excluding carboxylic acids is 2. The minimum atomic E-state index is -0.892. The summed E-state index contributed by atoms with van der Waals surface area (Å²) in [5.41, 5.74) is -1.48. The maximum atomic E-state index is 12.5. The van der Waals surface area contributed by atoms with Gasteiger partial charge in [0.05, 0.1) is 7.11 Å². The highest BCUT2D eigenvalue weighted by Gasteiger charge is 2.68. The van der Waals surface area contributed by atoms with Crippen molar-refractivity contribution < 1.29 is 19.1 Å². The number of methoxy groups -OCH3 is 1. The van der Waals surface area contributed by atoms with Crippen molar-refractivity contribution in [3.05, 3.63) is 0 Å². The summed E-state index contributed by atoms with van der Waals surface area (Å²) >= 11 is 5.80. The Bertz CT molecular complexity index is 434. The zero-order chi connectivity index (χ0) is 15.8. The lowest BCUT2D eigenvalue weighted by Crippen LogP contribution is -2.57. The number of fused-ring (bicyclic) bond motifs is 1. The summed E-state index contributed by atoms with van der Waals surface area (Å²) in [4.78, 5) is 26.5. The van der Waals surface area contributed by atoms with Gasteiger partial charge in [-0.2, -0.15) is 0 Å². The van der Waals surface area contributed by atoms with Gasteiger partial charge in [-0.05, 0) is 51.9 Å². The van der Waals surface area contributed by atoms with Crippen LogP contribution in [0.25, 0.3) is 0 Å². The van der Waals surface area contributed by atoms with E-state index in [-0.39, 0.29) is 11.9 Å². The Labute approximate surface area is 130 Å². The number of halogens is 1. The Balaban J connectivity index is 2.26. The van der Waals surface area contributed by atoms with E-state index in [0.717, 1.165) is 6.42 Å². The molecule has 5 nitrogen and oxygen atoms in total. The van der Waals surface area contributed by atoms with Crippen molar-refractivity contribution in [3.8, 4) is 0 Å². The Morgan fingerprint density at radius 1 is 1.38 bits per heavy atom. The second kappa shape index (κ2) is 5.67. The standard InChI is InChI=1S/C15H24ClNO4/c1-14(2,3)21-13(19)17-9-10-8-11(10)15(17,6-5-7-16)12(18)20-4/h10-11H,5-9H2,1-4H3. The molecule has 3 unspecified atom stereocenters. The van der Waals surface area contributed by atoms with Crippen LogP contribution in [0.15, 0.2) is 0 Å². The van der Waals surface area contributed by atoms with Gasteiger partial charge in [0.25, 0.3) is 0 Å². The third kappa shape index (κ3) is 2.98. The van der Waals surface area contributed by atoms with Gasteiger partial charge in [-0.25, -0.2) is 9.59 Å². The topological polar surface area (TPSA) is 55.8 Å². The molecule has 2 aliphatic rings. The fourth-order valence-electron chi connectivity index (χ4n) is 3.38. The number of likely N-dealkylation sites (tertiary alicyclic amines) is 1. The average molecular weight is 318 g/mol. The third-order valence-corrected chi connectivity index (χ3v) is 4.55. The van der Waals surface area contributed by atoms with Crippen molar-refractivity contribution in [2.45, 2.75) is 51.2 Å². The first-order valence-electron chi connectivity index (χ1n) is 7.41. The number of esters is 1. The molecule has 0 bridgehead atoms. The number of alkyl halides is 1. The molecule has 1 saturated heterocycles. The molecule has 1 aliphatic carbocycles. The Morgan fingerprint density at radius 3 is 2.57 bits per heavy atom. The molecular weight excluding hydrogens is 294 g/mol. The van der Waals surface area contributed by atoms with Crippen molar-refractivity contribution in [2.75, 3.05) is 19.5 Å². The predicted octanol–water partition coefficient (Wildman–Crippen LogP) is 2.80. The van der Waals surface area contributed by atoms with Crippen LogP contribution in [0.5, 0.6) is 0 Å². The maximum absolute atomic E-state index is 12.5. The van der Waals surface area contributed by atoms with Crippen LogP contribution in [-0.2, 0) is 14.3 Å². The van der Waals surface area contributed by atoms with Crippen LogP contribution in [0.3, 0.4) is 0 Å². The van der Waals surface area contributed by atoms with Crippen molar-refractivity contribution in [3.63, 3.8) is 0 Å². The number of amides is 1. The van der Waals surface area contributed by atoms with Gasteiger partial charge in [-0.1, -0.05) is 0 Å². The van der Waals surface area contributed by atoms with Gasteiger partial charge in [-0.3, -0.25) is 4.90 Å². The van der Waals surface area contributed by atoms with E-state index in [4.69, 9.17) is 21.1 Å². The smallest absolute Gasteiger partial charge is 0.411 e. The Kier molecular flexibility index (Phi) is 4.43. The van der Waals surface area contributed by atoms with Crippen molar-refractivity contribution in [1.29, 1.82) is 0 Å². The summed E-state index contributed by atoms with van der Waals surface area (Å²) in [7, 11) is 1.37. The molecule has 0 radical (unpaired) electrons. The number of nitrogens with zero attached hydrogens (tertiary/aromatic N) is 1. The first-order chi connectivity index (χ1) is 9.76. The number of hydrogen-bond acceptors (Lipinski definition) is 4. The van der Waals surface area contributed by atoms with Gasteiger partial charge < -0.3 is 9.47 Å². The molecule has 0 aromatic heterocycles. The van der Waals surface area contributed by atoms with E-state index < -0.39 is 17.2 Å². The highest BCUT2D eigenvalue weighted by Crippen LogP contribution is 2.58. The summed E-state index contributed by atoms with van der Waals surface area (Å²) < 4.78 is 10.5. The van der Waals surface area contributed by atoms with Crippen molar-refractivity contribution in [1.82, 2.24) is 4.90 Å². The first-order valence-corrected chi connectivity index (χ1v) is 7.94. The highest BCUT2D eigenvalue weighted by atomic mass is 35.5. The summed E-state index contributed by atoms with van der Waals surface area (Å²) in [6, 6.07) is 0. The number of piperidine rings is 1. The molecule has 1 amide bonds. The average Bonchev–Trinajstić information content (AvgIpc) is 3.09. The summed E-state index contributed by atoms with van der Waals surface area (Å²) in [5.74, 6) is 0.675. The Morgan fingerprint density at radius 2 is 2.05 bits per heavy atom. The lowest BCUT2D eigenvalue weighted by Gasteiger charge is -2.39. The summed E-state index contributed by atoms with van der Waals surface area (Å²) in [6.45, 7) is 6.03. The van der Waals surface area contributed by atoms with Gasteiger partial charge in [0.15, 0.2) is 0 Å². The molecule has 3 atom stereocenters. The molecular formula is C15H24ClNO4. The van der Waals surface area contributed by atoms with Gasteiger partial charge in [0, 0.05) is 12.4 Å². The van der Waals surface area contributed by atoms with E-state index in [0.29, 0.717) is 31.2 Å². The number of carbonyl (C=O) groups is 2. The molecule has 1 aliphatic heterocycles. The van der Waals surface area contributed by atoms with Crippen LogP contribution in [0.4, 0.5) is 4.79 Å². The van der Waals surface area contributed by atoms with E-state index in [9.17, 15) is 9.59 Å². The third-order valence-electron chi connectivity index (χ3n) is 4.28. The van der Waals surface area contributed by atoms with Crippen LogP contribution in [0, 0.1) is 11.8 Å². The second-order valence-corrected chi connectivity index (χ2v) is 7.28.